The van der Waals surface area contributed by atoms with E-state index in [-0.39, 0.29) is 12.3 Å². The van der Waals surface area contributed by atoms with E-state index >= 15 is 0 Å². The summed E-state index contributed by atoms with van der Waals surface area (Å²) < 4.78 is 23.1. The highest BCUT2D eigenvalue weighted by atomic mass is 32.2. The molecule has 0 bridgehead atoms. The normalized spacial score (nSPS) is 17.7. The number of sulfonamides is 1. The van der Waals surface area contributed by atoms with Crippen LogP contribution in [0.1, 0.15) is 0 Å². The number of carbonyl (C=O) groups is 1. The van der Waals surface area contributed by atoms with Gasteiger partial charge in [0.15, 0.2) is 0 Å². The van der Waals surface area contributed by atoms with Crippen LogP contribution in [0.15, 0.2) is 12.7 Å². The van der Waals surface area contributed by atoms with Crippen molar-refractivity contribution in [2.45, 2.75) is 0 Å². The smallest absolute Gasteiger partial charge is 0.331 e. The molecule has 0 aromatic heterocycles. The standard InChI is InChI=1S/C6H9N2O3S/c1-2-5-12(10,11)8-4-3-7-6(8)9/h2,4H,1,3,5H2,(H,7,9). The van der Waals surface area contributed by atoms with Crippen molar-refractivity contribution < 1.29 is 13.2 Å². The van der Waals surface area contributed by atoms with Gasteiger partial charge >= 0.3 is 6.03 Å². The van der Waals surface area contributed by atoms with Gasteiger partial charge in [-0.3, -0.25) is 0 Å². The number of amides is 2. The molecule has 1 rings (SSSR count). The molecule has 0 spiro atoms. The summed E-state index contributed by atoms with van der Waals surface area (Å²) in [6, 6.07) is -0.600. The van der Waals surface area contributed by atoms with Crippen molar-refractivity contribution in [3.63, 3.8) is 0 Å². The van der Waals surface area contributed by atoms with Crippen molar-refractivity contribution in [2.75, 3.05) is 12.3 Å². The van der Waals surface area contributed by atoms with Crippen LogP contribution in [0.25, 0.3) is 0 Å². The summed E-state index contributed by atoms with van der Waals surface area (Å²) in [6.07, 6.45) is 1.24. The second-order valence-electron chi connectivity index (χ2n) is 2.23. The van der Waals surface area contributed by atoms with E-state index in [1.165, 1.54) is 12.6 Å². The van der Waals surface area contributed by atoms with Gasteiger partial charge in [0.2, 0.25) is 10.0 Å². The van der Waals surface area contributed by atoms with Crippen LogP contribution >= 0.6 is 0 Å². The van der Waals surface area contributed by atoms with Gasteiger partial charge < -0.3 is 5.32 Å². The van der Waals surface area contributed by atoms with Crippen molar-refractivity contribution >= 4 is 16.1 Å². The Morgan fingerprint density at radius 3 is 2.83 bits per heavy atom. The van der Waals surface area contributed by atoms with Crippen LogP contribution in [-0.4, -0.2) is 31.1 Å². The molecule has 0 aromatic carbocycles. The average molecular weight is 189 g/mol. The highest BCUT2D eigenvalue weighted by Gasteiger charge is 2.30. The van der Waals surface area contributed by atoms with Gasteiger partial charge in [-0.25, -0.2) is 17.5 Å². The zero-order chi connectivity index (χ0) is 9.19. The Balaban J connectivity index is 2.81. The van der Waals surface area contributed by atoms with Crippen molar-refractivity contribution in [1.29, 1.82) is 0 Å². The minimum Gasteiger partial charge on any atom is -0.335 e. The van der Waals surface area contributed by atoms with E-state index in [1.807, 2.05) is 0 Å². The SMILES string of the molecule is C=CCS(=O)(=O)N1[CH]CNC1=O. The van der Waals surface area contributed by atoms with E-state index in [0.29, 0.717) is 4.31 Å². The molecule has 67 valence electrons. The lowest BCUT2D eigenvalue weighted by Crippen LogP contribution is -2.33. The van der Waals surface area contributed by atoms with Crippen molar-refractivity contribution in [1.82, 2.24) is 9.62 Å². The largest absolute Gasteiger partial charge is 0.335 e. The minimum absolute atomic E-state index is 0.225. The molecule has 0 aliphatic carbocycles. The molecular weight excluding hydrogens is 180 g/mol. The topological polar surface area (TPSA) is 66.5 Å². The molecule has 0 aromatic rings. The van der Waals surface area contributed by atoms with Crippen LogP contribution in [0, 0.1) is 6.54 Å². The number of rotatable bonds is 3. The van der Waals surface area contributed by atoms with E-state index in [0.717, 1.165) is 0 Å². The van der Waals surface area contributed by atoms with Crippen LogP contribution in [0.3, 0.4) is 0 Å². The summed E-state index contributed by atoms with van der Waals surface area (Å²) >= 11 is 0. The summed E-state index contributed by atoms with van der Waals surface area (Å²) in [7, 11) is -3.51. The van der Waals surface area contributed by atoms with Crippen molar-refractivity contribution in [2.24, 2.45) is 0 Å². The summed E-state index contributed by atoms with van der Waals surface area (Å²) in [5, 5.41) is 2.35. The Morgan fingerprint density at radius 2 is 2.42 bits per heavy atom. The fraction of sp³-hybridized carbons (Fsp3) is 0.333. The Morgan fingerprint density at radius 1 is 1.75 bits per heavy atom. The summed E-state index contributed by atoms with van der Waals surface area (Å²) in [6.45, 7) is 4.84. The lowest BCUT2D eigenvalue weighted by Gasteiger charge is -2.11. The molecule has 6 heteroatoms. The molecule has 1 heterocycles. The Bertz CT molecular complexity index is 296. The molecule has 1 aliphatic heterocycles. The molecule has 1 aliphatic rings. The van der Waals surface area contributed by atoms with Gasteiger partial charge in [0.25, 0.3) is 0 Å². The van der Waals surface area contributed by atoms with Crippen molar-refractivity contribution in [3.8, 4) is 0 Å². The van der Waals surface area contributed by atoms with Crippen LogP contribution in [0.4, 0.5) is 4.79 Å². The molecule has 12 heavy (non-hydrogen) atoms. The van der Waals surface area contributed by atoms with E-state index in [4.69, 9.17) is 0 Å². The van der Waals surface area contributed by atoms with Gasteiger partial charge in [0, 0.05) is 6.54 Å². The van der Waals surface area contributed by atoms with Gasteiger partial charge in [-0.1, -0.05) is 6.08 Å². The zero-order valence-corrected chi connectivity index (χ0v) is 7.17. The summed E-state index contributed by atoms with van der Waals surface area (Å²) in [4.78, 5) is 10.9. The quantitative estimate of drug-likeness (QED) is 0.619. The second-order valence-corrected chi connectivity index (χ2v) is 4.12. The number of nitrogens with one attached hydrogen (secondary N) is 1. The Labute approximate surface area is 71.1 Å². The first kappa shape index (κ1) is 9.05. The highest BCUT2D eigenvalue weighted by molar-refractivity contribution is 7.89. The zero-order valence-electron chi connectivity index (χ0n) is 6.36. The van der Waals surface area contributed by atoms with E-state index < -0.39 is 16.1 Å². The highest BCUT2D eigenvalue weighted by Crippen LogP contribution is 2.09. The van der Waals surface area contributed by atoms with Gasteiger partial charge in [0.05, 0.1) is 12.3 Å². The van der Waals surface area contributed by atoms with Crippen LogP contribution in [0.2, 0.25) is 0 Å². The molecule has 0 atom stereocenters. The van der Waals surface area contributed by atoms with Crippen LogP contribution < -0.4 is 5.32 Å². The molecule has 5 nitrogen and oxygen atoms in total. The third kappa shape index (κ3) is 1.58. The molecule has 0 unspecified atom stereocenters. The first-order valence-corrected chi connectivity index (χ1v) is 4.93. The molecular formula is C6H9N2O3S. The Hall–Kier alpha value is -1.04. The average Bonchev–Trinajstić information content (AvgIpc) is 2.35. The summed E-state index contributed by atoms with van der Waals surface area (Å²) in [5.41, 5.74) is 0. The Kier molecular flexibility index (Phi) is 2.37. The van der Waals surface area contributed by atoms with Gasteiger partial charge in [-0.2, -0.15) is 0 Å². The maximum Gasteiger partial charge on any atom is 0.331 e. The number of carbonyl (C=O) groups excluding carboxylic acids is 1. The maximum atomic E-state index is 11.2. The van der Waals surface area contributed by atoms with Crippen molar-refractivity contribution in [3.05, 3.63) is 19.2 Å². The number of hydrogen-bond donors (Lipinski definition) is 1. The molecule has 1 saturated heterocycles. The number of nitrogens with zero attached hydrogens (tertiary/aromatic N) is 1. The fourth-order valence-corrected chi connectivity index (χ4v) is 1.92. The third-order valence-corrected chi connectivity index (χ3v) is 2.91. The second kappa shape index (κ2) is 3.14. The van der Waals surface area contributed by atoms with Crippen LogP contribution in [-0.2, 0) is 10.0 Å². The predicted octanol–water partition coefficient (Wildman–Crippen LogP) is -0.311. The lowest BCUT2D eigenvalue weighted by molar-refractivity contribution is 0.237. The monoisotopic (exact) mass is 189 g/mol. The molecule has 0 saturated carbocycles. The molecule has 1 N–H and O–H groups in total. The molecule has 2 amide bonds. The molecule has 1 radical (unpaired) electrons. The predicted molar refractivity (Wildman–Crippen MR) is 43.5 cm³/mol. The van der Waals surface area contributed by atoms with Gasteiger partial charge in [-0.05, 0) is 0 Å². The lowest BCUT2D eigenvalue weighted by atomic mass is 10.7. The molecule has 1 fully saturated rings. The van der Waals surface area contributed by atoms with Gasteiger partial charge in [0.1, 0.15) is 0 Å². The third-order valence-electron chi connectivity index (χ3n) is 1.34. The fourth-order valence-electron chi connectivity index (χ4n) is 0.846. The van der Waals surface area contributed by atoms with Crippen LogP contribution in [0.5, 0.6) is 0 Å². The number of hydrogen-bond acceptors (Lipinski definition) is 3. The van der Waals surface area contributed by atoms with Gasteiger partial charge in [-0.15, -0.1) is 6.58 Å². The first-order chi connectivity index (χ1) is 5.58. The summed E-state index contributed by atoms with van der Waals surface area (Å²) in [5.74, 6) is -0.225. The van der Waals surface area contributed by atoms with E-state index in [1.54, 1.807) is 0 Å². The van der Waals surface area contributed by atoms with E-state index in [9.17, 15) is 13.2 Å². The number of urea groups is 1. The van der Waals surface area contributed by atoms with E-state index in [2.05, 4.69) is 11.9 Å². The minimum atomic E-state index is -3.51. The first-order valence-electron chi connectivity index (χ1n) is 3.32. The maximum absolute atomic E-state index is 11.2.